The van der Waals surface area contributed by atoms with Gasteiger partial charge >= 0.3 is 0 Å². The Labute approximate surface area is 113 Å². The van der Waals surface area contributed by atoms with Gasteiger partial charge in [0.25, 0.3) is 0 Å². The van der Waals surface area contributed by atoms with Crippen LogP contribution in [0.3, 0.4) is 0 Å². The van der Waals surface area contributed by atoms with Gasteiger partial charge < -0.3 is 5.73 Å². The zero-order chi connectivity index (χ0) is 14.1. The van der Waals surface area contributed by atoms with Crippen molar-refractivity contribution in [1.82, 2.24) is 15.2 Å². The Balaban J connectivity index is 1.97. The average molecular weight is 272 g/mol. The molecule has 0 aliphatic rings. The van der Waals surface area contributed by atoms with Crippen LogP contribution < -0.4 is 5.73 Å². The molecule has 1 aromatic heterocycles. The molecule has 0 spiro atoms. The number of rotatable bonds is 2. The van der Waals surface area contributed by atoms with Gasteiger partial charge in [0.15, 0.2) is 23.3 Å². The molecule has 3 aromatic rings. The van der Waals surface area contributed by atoms with Crippen LogP contribution in [0.2, 0.25) is 0 Å². The van der Waals surface area contributed by atoms with Crippen LogP contribution in [-0.2, 0) is 0 Å². The number of nitrogens with two attached hydrogens (primary N) is 1. The van der Waals surface area contributed by atoms with Crippen LogP contribution in [0.15, 0.2) is 42.5 Å². The summed E-state index contributed by atoms with van der Waals surface area (Å²) in [5, 5.41) is 6.76. The maximum absolute atomic E-state index is 13.2. The second-order valence-corrected chi connectivity index (χ2v) is 4.26. The molecule has 0 atom stereocenters. The minimum absolute atomic E-state index is 0.302. The summed E-state index contributed by atoms with van der Waals surface area (Å²) >= 11 is 0. The van der Waals surface area contributed by atoms with E-state index < -0.39 is 11.6 Å². The Morgan fingerprint density at radius 2 is 1.60 bits per heavy atom. The monoisotopic (exact) mass is 272 g/mol. The lowest BCUT2D eigenvalue weighted by molar-refractivity contribution is 0.509. The normalized spacial score (nSPS) is 10.7. The lowest BCUT2D eigenvalue weighted by atomic mass is 10.2. The first kappa shape index (κ1) is 12.3. The Hall–Kier alpha value is -2.76. The van der Waals surface area contributed by atoms with Gasteiger partial charge in [0.1, 0.15) is 0 Å². The van der Waals surface area contributed by atoms with Crippen molar-refractivity contribution in [2.45, 2.75) is 0 Å². The van der Waals surface area contributed by atoms with E-state index in [1.807, 2.05) is 0 Å². The highest BCUT2D eigenvalue weighted by atomic mass is 19.2. The summed E-state index contributed by atoms with van der Waals surface area (Å²) in [6.07, 6.45) is 0. The average Bonchev–Trinajstić information content (AvgIpc) is 2.92. The number of aromatic amines is 1. The summed E-state index contributed by atoms with van der Waals surface area (Å²) < 4.78 is 26.1. The molecular formula is C14H10F2N4. The standard InChI is InChI=1S/C14H10F2N4/c15-11-6-3-9(7-12(11)16)14-18-13(19-20-14)8-1-4-10(17)5-2-8/h1-7H,17H2,(H,18,19,20). The third-order valence-corrected chi connectivity index (χ3v) is 2.85. The van der Waals surface area contributed by atoms with E-state index in [1.54, 1.807) is 24.3 Å². The van der Waals surface area contributed by atoms with Gasteiger partial charge in [0.05, 0.1) is 0 Å². The van der Waals surface area contributed by atoms with Crippen molar-refractivity contribution in [2.75, 3.05) is 5.73 Å². The van der Waals surface area contributed by atoms with Crippen molar-refractivity contribution >= 4 is 5.69 Å². The molecule has 0 amide bonds. The number of halogens is 2. The van der Waals surface area contributed by atoms with Gasteiger partial charge in [-0.15, -0.1) is 0 Å². The fourth-order valence-electron chi connectivity index (χ4n) is 1.80. The molecule has 0 radical (unpaired) electrons. The van der Waals surface area contributed by atoms with Gasteiger partial charge in [-0.25, -0.2) is 13.8 Å². The van der Waals surface area contributed by atoms with Gasteiger partial charge in [-0.05, 0) is 42.5 Å². The molecule has 0 fully saturated rings. The summed E-state index contributed by atoms with van der Waals surface area (Å²) in [5.41, 5.74) is 7.47. The van der Waals surface area contributed by atoms with Crippen LogP contribution in [0, 0.1) is 11.6 Å². The Morgan fingerprint density at radius 3 is 2.30 bits per heavy atom. The first-order chi connectivity index (χ1) is 9.63. The molecule has 3 N–H and O–H groups in total. The van der Waals surface area contributed by atoms with Crippen LogP contribution in [0.25, 0.3) is 22.8 Å². The Kier molecular flexibility index (Phi) is 2.90. The minimum atomic E-state index is -0.929. The molecule has 20 heavy (non-hydrogen) atoms. The predicted octanol–water partition coefficient (Wildman–Crippen LogP) is 3.00. The highest BCUT2D eigenvalue weighted by Crippen LogP contribution is 2.22. The molecule has 0 saturated heterocycles. The molecule has 0 aliphatic carbocycles. The summed E-state index contributed by atoms with van der Waals surface area (Å²) in [5.74, 6) is -0.996. The number of nitrogen functional groups attached to an aromatic ring is 1. The molecule has 3 rings (SSSR count). The summed E-state index contributed by atoms with van der Waals surface area (Å²) in [6, 6.07) is 10.6. The number of nitrogens with one attached hydrogen (secondary N) is 1. The molecule has 0 aliphatic heterocycles. The first-order valence-electron chi connectivity index (χ1n) is 5.87. The van der Waals surface area contributed by atoms with Gasteiger partial charge in [0, 0.05) is 16.8 Å². The SMILES string of the molecule is Nc1ccc(-c2nc(-c3ccc(F)c(F)c3)n[nH]2)cc1. The fourth-order valence-corrected chi connectivity index (χ4v) is 1.80. The van der Waals surface area contributed by atoms with E-state index in [1.165, 1.54) is 6.07 Å². The second-order valence-electron chi connectivity index (χ2n) is 4.26. The van der Waals surface area contributed by atoms with Gasteiger partial charge in [0.2, 0.25) is 0 Å². The van der Waals surface area contributed by atoms with Crippen LogP contribution >= 0.6 is 0 Å². The molecule has 0 saturated carbocycles. The van der Waals surface area contributed by atoms with Crippen molar-refractivity contribution in [3.8, 4) is 22.8 Å². The highest BCUT2D eigenvalue weighted by Gasteiger charge is 2.10. The fraction of sp³-hybridized carbons (Fsp3) is 0. The number of hydrogen-bond donors (Lipinski definition) is 2. The van der Waals surface area contributed by atoms with Crippen molar-refractivity contribution in [2.24, 2.45) is 0 Å². The molecule has 1 heterocycles. The number of H-pyrrole nitrogens is 1. The summed E-state index contributed by atoms with van der Waals surface area (Å²) in [7, 11) is 0. The quantitative estimate of drug-likeness (QED) is 0.705. The Morgan fingerprint density at radius 1 is 0.900 bits per heavy atom. The van der Waals surface area contributed by atoms with E-state index in [0.717, 1.165) is 17.7 Å². The largest absolute Gasteiger partial charge is 0.399 e. The first-order valence-corrected chi connectivity index (χ1v) is 5.87. The molecular weight excluding hydrogens is 262 g/mol. The number of benzene rings is 2. The van der Waals surface area contributed by atoms with E-state index in [0.29, 0.717) is 22.9 Å². The van der Waals surface area contributed by atoms with E-state index in [2.05, 4.69) is 15.2 Å². The Bertz CT molecular complexity index is 750. The maximum atomic E-state index is 13.2. The lowest BCUT2D eigenvalue weighted by Gasteiger charge is -1.97. The summed E-state index contributed by atoms with van der Waals surface area (Å²) in [4.78, 5) is 4.25. The molecule has 4 nitrogen and oxygen atoms in total. The summed E-state index contributed by atoms with van der Waals surface area (Å²) in [6.45, 7) is 0. The predicted molar refractivity (Wildman–Crippen MR) is 71.6 cm³/mol. The highest BCUT2D eigenvalue weighted by molar-refractivity contribution is 5.62. The van der Waals surface area contributed by atoms with Crippen LogP contribution in [0.4, 0.5) is 14.5 Å². The zero-order valence-electron chi connectivity index (χ0n) is 10.3. The number of aromatic nitrogens is 3. The third-order valence-electron chi connectivity index (χ3n) is 2.85. The van der Waals surface area contributed by atoms with Crippen LogP contribution in [0.5, 0.6) is 0 Å². The molecule has 2 aromatic carbocycles. The number of anilines is 1. The third kappa shape index (κ3) is 2.23. The second kappa shape index (κ2) is 4.73. The minimum Gasteiger partial charge on any atom is -0.399 e. The maximum Gasteiger partial charge on any atom is 0.181 e. The lowest BCUT2D eigenvalue weighted by Crippen LogP contribution is -1.87. The van der Waals surface area contributed by atoms with E-state index in [4.69, 9.17) is 5.73 Å². The van der Waals surface area contributed by atoms with Crippen LogP contribution in [-0.4, -0.2) is 15.2 Å². The number of nitrogens with zero attached hydrogens (tertiary/aromatic N) is 2. The molecule has 100 valence electrons. The van der Waals surface area contributed by atoms with Gasteiger partial charge in [-0.1, -0.05) is 0 Å². The van der Waals surface area contributed by atoms with Crippen molar-refractivity contribution in [1.29, 1.82) is 0 Å². The topological polar surface area (TPSA) is 67.6 Å². The van der Waals surface area contributed by atoms with Gasteiger partial charge in [-0.2, -0.15) is 5.10 Å². The van der Waals surface area contributed by atoms with Crippen molar-refractivity contribution in [3.63, 3.8) is 0 Å². The molecule has 0 bridgehead atoms. The van der Waals surface area contributed by atoms with Crippen molar-refractivity contribution < 1.29 is 8.78 Å². The smallest absolute Gasteiger partial charge is 0.181 e. The zero-order valence-corrected chi connectivity index (χ0v) is 10.3. The molecule has 0 unspecified atom stereocenters. The van der Waals surface area contributed by atoms with Crippen LogP contribution in [0.1, 0.15) is 0 Å². The van der Waals surface area contributed by atoms with E-state index in [-0.39, 0.29) is 0 Å². The van der Waals surface area contributed by atoms with Gasteiger partial charge in [-0.3, -0.25) is 5.10 Å². The number of hydrogen-bond acceptors (Lipinski definition) is 3. The van der Waals surface area contributed by atoms with E-state index in [9.17, 15) is 8.78 Å². The van der Waals surface area contributed by atoms with E-state index >= 15 is 0 Å². The molecule has 6 heteroatoms. The van der Waals surface area contributed by atoms with Crippen molar-refractivity contribution in [3.05, 3.63) is 54.1 Å².